The van der Waals surface area contributed by atoms with Crippen LogP contribution in [0, 0.1) is 20.8 Å². The minimum Gasteiger partial charge on any atom is -0.345 e. The van der Waals surface area contributed by atoms with E-state index in [1.54, 1.807) is 11.2 Å². The highest BCUT2D eigenvalue weighted by atomic mass is 16.2. The fourth-order valence-corrected chi connectivity index (χ4v) is 3.05. The number of rotatable bonds is 2. The van der Waals surface area contributed by atoms with Gasteiger partial charge in [0.15, 0.2) is 0 Å². The number of nitrogens with zero attached hydrogens (tertiary/aromatic N) is 4. The van der Waals surface area contributed by atoms with Crippen LogP contribution in [0.4, 0.5) is 5.82 Å². The van der Waals surface area contributed by atoms with Crippen LogP contribution >= 0.6 is 0 Å². The maximum atomic E-state index is 12.1. The van der Waals surface area contributed by atoms with Crippen LogP contribution in [0.15, 0.2) is 24.5 Å². The molecule has 1 aromatic carbocycles. The van der Waals surface area contributed by atoms with E-state index in [1.165, 1.54) is 11.1 Å². The lowest BCUT2D eigenvalue weighted by Crippen LogP contribution is -2.49. The quantitative estimate of drug-likeness (QED) is 0.854. The summed E-state index contributed by atoms with van der Waals surface area (Å²) in [4.78, 5) is 24.8. The molecular weight excluding hydrogens is 288 g/mol. The minimum absolute atomic E-state index is 0.124. The first-order valence-corrected chi connectivity index (χ1v) is 7.85. The SMILES string of the molecule is Cc1ccc(-c2c(C)ncnc2N2CCN(C)C(=O)C2)c(C)c1. The van der Waals surface area contributed by atoms with Crippen molar-refractivity contribution < 1.29 is 4.79 Å². The molecule has 120 valence electrons. The molecule has 1 amide bonds. The smallest absolute Gasteiger partial charge is 0.241 e. The Hall–Kier alpha value is -2.43. The lowest BCUT2D eigenvalue weighted by Gasteiger charge is -2.34. The van der Waals surface area contributed by atoms with Gasteiger partial charge in [0.05, 0.1) is 12.2 Å². The zero-order chi connectivity index (χ0) is 16.6. The zero-order valence-corrected chi connectivity index (χ0v) is 14.1. The lowest BCUT2D eigenvalue weighted by atomic mass is 9.97. The van der Waals surface area contributed by atoms with Crippen LogP contribution < -0.4 is 4.90 Å². The third-order valence-electron chi connectivity index (χ3n) is 4.42. The van der Waals surface area contributed by atoms with E-state index in [0.29, 0.717) is 13.1 Å². The first-order valence-electron chi connectivity index (χ1n) is 7.85. The second-order valence-electron chi connectivity index (χ2n) is 6.21. The number of likely N-dealkylation sites (N-methyl/N-ethyl adjacent to an activating group) is 1. The van der Waals surface area contributed by atoms with E-state index in [4.69, 9.17) is 0 Å². The highest BCUT2D eigenvalue weighted by Gasteiger charge is 2.25. The number of hydrogen-bond donors (Lipinski definition) is 0. The second kappa shape index (κ2) is 5.99. The van der Waals surface area contributed by atoms with Crippen molar-refractivity contribution in [1.82, 2.24) is 14.9 Å². The molecule has 0 atom stereocenters. The van der Waals surface area contributed by atoms with Crippen molar-refractivity contribution in [1.29, 1.82) is 0 Å². The predicted octanol–water partition coefficient (Wildman–Crippen LogP) is 2.35. The van der Waals surface area contributed by atoms with Crippen LogP contribution in [0.25, 0.3) is 11.1 Å². The average Bonchev–Trinajstić information content (AvgIpc) is 2.51. The van der Waals surface area contributed by atoms with Crippen LogP contribution in [0.1, 0.15) is 16.8 Å². The van der Waals surface area contributed by atoms with Gasteiger partial charge in [0.25, 0.3) is 0 Å². The van der Waals surface area contributed by atoms with Crippen molar-refractivity contribution in [2.75, 3.05) is 31.6 Å². The molecule has 5 nitrogen and oxygen atoms in total. The van der Waals surface area contributed by atoms with Gasteiger partial charge in [0.2, 0.25) is 5.91 Å². The molecule has 0 unspecified atom stereocenters. The summed E-state index contributed by atoms with van der Waals surface area (Å²) in [6, 6.07) is 6.39. The fraction of sp³-hybridized carbons (Fsp3) is 0.389. The van der Waals surface area contributed by atoms with Gasteiger partial charge in [-0.2, -0.15) is 0 Å². The van der Waals surface area contributed by atoms with Gasteiger partial charge in [0.1, 0.15) is 12.1 Å². The highest BCUT2D eigenvalue weighted by Crippen LogP contribution is 2.34. The van der Waals surface area contributed by atoms with E-state index in [0.717, 1.165) is 29.2 Å². The van der Waals surface area contributed by atoms with Gasteiger partial charge in [0, 0.05) is 25.7 Å². The Labute approximate surface area is 137 Å². The molecule has 1 saturated heterocycles. The first kappa shape index (κ1) is 15.5. The Morgan fingerprint density at radius 2 is 1.87 bits per heavy atom. The molecule has 1 aromatic heterocycles. The standard InChI is InChI=1S/C18H22N4O/c1-12-5-6-15(13(2)9-12)17-14(3)19-11-20-18(17)22-8-7-21(4)16(23)10-22/h5-6,9,11H,7-8,10H2,1-4H3. The Balaban J connectivity index is 2.09. The van der Waals surface area contributed by atoms with Crippen molar-refractivity contribution in [3.05, 3.63) is 41.3 Å². The first-order chi connectivity index (χ1) is 11.0. The van der Waals surface area contributed by atoms with E-state index in [9.17, 15) is 4.79 Å². The number of carbonyl (C=O) groups is 1. The van der Waals surface area contributed by atoms with Gasteiger partial charge in [-0.25, -0.2) is 9.97 Å². The Kier molecular flexibility index (Phi) is 4.03. The molecule has 1 aliphatic heterocycles. The summed E-state index contributed by atoms with van der Waals surface area (Å²) in [5.74, 6) is 0.977. The summed E-state index contributed by atoms with van der Waals surface area (Å²) in [5.41, 5.74) is 5.53. The van der Waals surface area contributed by atoms with Crippen LogP contribution in [0.2, 0.25) is 0 Å². The van der Waals surface area contributed by atoms with E-state index in [1.807, 2.05) is 14.0 Å². The maximum absolute atomic E-state index is 12.1. The topological polar surface area (TPSA) is 49.3 Å². The number of amides is 1. The maximum Gasteiger partial charge on any atom is 0.241 e. The van der Waals surface area contributed by atoms with Crippen molar-refractivity contribution in [2.24, 2.45) is 0 Å². The van der Waals surface area contributed by atoms with Gasteiger partial charge >= 0.3 is 0 Å². The third kappa shape index (κ3) is 2.91. The molecule has 0 N–H and O–H groups in total. The van der Waals surface area contributed by atoms with Gasteiger partial charge in [-0.1, -0.05) is 23.8 Å². The zero-order valence-electron chi connectivity index (χ0n) is 14.1. The van der Waals surface area contributed by atoms with Crippen LogP contribution in [0.5, 0.6) is 0 Å². The van der Waals surface area contributed by atoms with Crippen LogP contribution in [-0.4, -0.2) is 47.5 Å². The second-order valence-corrected chi connectivity index (χ2v) is 6.21. The molecule has 0 bridgehead atoms. The van der Waals surface area contributed by atoms with E-state index < -0.39 is 0 Å². The summed E-state index contributed by atoms with van der Waals surface area (Å²) in [6.45, 7) is 8.06. The van der Waals surface area contributed by atoms with Gasteiger partial charge in [-0.3, -0.25) is 4.79 Å². The van der Waals surface area contributed by atoms with Crippen molar-refractivity contribution in [3.63, 3.8) is 0 Å². The molecule has 3 rings (SSSR count). The molecule has 0 aliphatic carbocycles. The molecule has 1 fully saturated rings. The number of aryl methyl sites for hydroxylation is 3. The summed E-state index contributed by atoms with van der Waals surface area (Å²) >= 11 is 0. The Morgan fingerprint density at radius 3 is 2.57 bits per heavy atom. The molecule has 0 saturated carbocycles. The molecule has 2 heterocycles. The Bertz CT molecular complexity index is 757. The van der Waals surface area contributed by atoms with Crippen LogP contribution in [-0.2, 0) is 4.79 Å². The molecule has 0 radical (unpaired) electrons. The minimum atomic E-state index is 0.124. The molecule has 5 heteroatoms. The van der Waals surface area contributed by atoms with Crippen molar-refractivity contribution >= 4 is 11.7 Å². The monoisotopic (exact) mass is 310 g/mol. The number of anilines is 1. The van der Waals surface area contributed by atoms with E-state index >= 15 is 0 Å². The van der Waals surface area contributed by atoms with Crippen molar-refractivity contribution in [2.45, 2.75) is 20.8 Å². The lowest BCUT2D eigenvalue weighted by molar-refractivity contribution is -0.129. The van der Waals surface area contributed by atoms with Crippen molar-refractivity contribution in [3.8, 4) is 11.1 Å². The normalized spacial score (nSPS) is 15.2. The van der Waals surface area contributed by atoms with E-state index in [2.05, 4.69) is 46.9 Å². The fourth-order valence-electron chi connectivity index (χ4n) is 3.05. The molecule has 23 heavy (non-hydrogen) atoms. The number of hydrogen-bond acceptors (Lipinski definition) is 4. The molecule has 2 aromatic rings. The summed E-state index contributed by atoms with van der Waals surface area (Å²) in [7, 11) is 1.84. The molecule has 0 spiro atoms. The highest BCUT2D eigenvalue weighted by molar-refractivity contribution is 5.86. The predicted molar refractivity (Wildman–Crippen MR) is 91.5 cm³/mol. The summed E-state index contributed by atoms with van der Waals surface area (Å²) < 4.78 is 0. The summed E-state index contributed by atoms with van der Waals surface area (Å²) in [5, 5.41) is 0. The largest absolute Gasteiger partial charge is 0.345 e. The molecule has 1 aliphatic rings. The number of benzene rings is 1. The average molecular weight is 310 g/mol. The Morgan fingerprint density at radius 1 is 1.09 bits per heavy atom. The number of carbonyl (C=O) groups excluding carboxylic acids is 1. The van der Waals surface area contributed by atoms with Gasteiger partial charge < -0.3 is 9.80 Å². The van der Waals surface area contributed by atoms with E-state index in [-0.39, 0.29) is 5.91 Å². The molecular formula is C18H22N4O. The number of piperazine rings is 1. The summed E-state index contributed by atoms with van der Waals surface area (Å²) in [6.07, 6.45) is 1.58. The third-order valence-corrected chi connectivity index (χ3v) is 4.42. The van der Waals surface area contributed by atoms with Crippen LogP contribution in [0.3, 0.4) is 0 Å². The number of aromatic nitrogens is 2. The van der Waals surface area contributed by atoms with Gasteiger partial charge in [-0.15, -0.1) is 0 Å². The van der Waals surface area contributed by atoms with Gasteiger partial charge in [-0.05, 0) is 31.9 Å².